The summed E-state index contributed by atoms with van der Waals surface area (Å²) in [5.41, 5.74) is 0. The van der Waals surface area contributed by atoms with Gasteiger partial charge in [0, 0.05) is 18.7 Å². The molecule has 1 aromatic heterocycles. The molecule has 1 rings (SSSR count). The molecule has 90 valence electrons. The summed E-state index contributed by atoms with van der Waals surface area (Å²) in [6.07, 6.45) is 0. The van der Waals surface area contributed by atoms with Crippen molar-refractivity contribution in [3.05, 3.63) is 18.2 Å². The van der Waals surface area contributed by atoms with Gasteiger partial charge in [-0.05, 0) is 26.8 Å². The van der Waals surface area contributed by atoms with Gasteiger partial charge in [0.25, 0.3) is 0 Å². The maximum atomic E-state index is 9.02. The Morgan fingerprint density at radius 1 is 1.44 bits per heavy atom. The van der Waals surface area contributed by atoms with E-state index in [-0.39, 0.29) is 6.61 Å². The Morgan fingerprint density at radius 3 is 2.75 bits per heavy atom. The third-order valence-electron chi connectivity index (χ3n) is 2.26. The zero-order chi connectivity index (χ0) is 12.0. The normalized spacial score (nSPS) is 10.6. The summed E-state index contributed by atoms with van der Waals surface area (Å²) in [6.45, 7) is 7.40. The van der Waals surface area contributed by atoms with Crippen molar-refractivity contribution in [2.24, 2.45) is 0 Å². The number of rotatable bonds is 6. The molecule has 0 aliphatic rings. The zero-order valence-electron chi connectivity index (χ0n) is 10.2. The highest BCUT2D eigenvalue weighted by Gasteiger charge is 2.11. The molecular formula is C12H20N2O2. The summed E-state index contributed by atoms with van der Waals surface area (Å²) >= 11 is 0. The number of anilines is 1. The number of hydrogen-bond acceptors (Lipinski definition) is 4. The Kier molecular flexibility index (Phi) is 5.05. The van der Waals surface area contributed by atoms with Crippen LogP contribution in [0.5, 0.6) is 5.88 Å². The minimum absolute atomic E-state index is 0.124. The van der Waals surface area contributed by atoms with Gasteiger partial charge in [0.1, 0.15) is 5.82 Å². The van der Waals surface area contributed by atoms with Crippen LogP contribution in [0, 0.1) is 0 Å². The second-order valence-electron chi connectivity index (χ2n) is 3.78. The highest BCUT2D eigenvalue weighted by molar-refractivity contribution is 5.41. The molecule has 1 heterocycles. The molecule has 0 saturated carbocycles. The van der Waals surface area contributed by atoms with E-state index in [2.05, 4.69) is 18.8 Å². The smallest absolute Gasteiger partial charge is 0.215 e. The molecule has 0 saturated heterocycles. The average molecular weight is 224 g/mol. The van der Waals surface area contributed by atoms with E-state index >= 15 is 0 Å². The highest BCUT2D eigenvalue weighted by atomic mass is 16.5. The van der Waals surface area contributed by atoms with E-state index in [0.717, 1.165) is 5.82 Å². The van der Waals surface area contributed by atoms with Gasteiger partial charge in [-0.15, -0.1) is 0 Å². The van der Waals surface area contributed by atoms with Crippen molar-refractivity contribution < 1.29 is 9.84 Å². The second kappa shape index (κ2) is 6.33. The monoisotopic (exact) mass is 224 g/mol. The van der Waals surface area contributed by atoms with Crippen LogP contribution < -0.4 is 9.64 Å². The summed E-state index contributed by atoms with van der Waals surface area (Å²) in [5.74, 6) is 1.47. The molecule has 0 aromatic carbocycles. The predicted octanol–water partition coefficient (Wildman–Crippen LogP) is 1.69. The highest BCUT2D eigenvalue weighted by Crippen LogP contribution is 2.17. The van der Waals surface area contributed by atoms with Crippen molar-refractivity contribution >= 4 is 5.82 Å². The molecule has 0 radical (unpaired) electrons. The first-order valence-corrected chi connectivity index (χ1v) is 5.66. The maximum Gasteiger partial charge on any atom is 0.215 e. The fraction of sp³-hybridized carbons (Fsp3) is 0.583. The van der Waals surface area contributed by atoms with E-state index in [0.29, 0.717) is 25.1 Å². The molecule has 1 N–H and O–H groups in total. The third kappa shape index (κ3) is 3.38. The lowest BCUT2D eigenvalue weighted by Gasteiger charge is -2.27. The van der Waals surface area contributed by atoms with E-state index in [1.165, 1.54) is 0 Å². The van der Waals surface area contributed by atoms with Crippen molar-refractivity contribution in [2.75, 3.05) is 24.7 Å². The number of aromatic nitrogens is 1. The number of aliphatic hydroxyl groups is 1. The average Bonchev–Trinajstić information content (AvgIpc) is 2.26. The molecule has 0 atom stereocenters. The molecule has 0 fully saturated rings. The van der Waals surface area contributed by atoms with E-state index in [9.17, 15) is 0 Å². The zero-order valence-corrected chi connectivity index (χ0v) is 10.2. The quantitative estimate of drug-likeness (QED) is 0.798. The van der Waals surface area contributed by atoms with Crippen molar-refractivity contribution in [3.8, 4) is 5.88 Å². The van der Waals surface area contributed by atoms with Crippen LogP contribution in [0.25, 0.3) is 0 Å². The van der Waals surface area contributed by atoms with Crippen LogP contribution in [-0.4, -0.2) is 35.9 Å². The molecule has 0 unspecified atom stereocenters. The van der Waals surface area contributed by atoms with Crippen molar-refractivity contribution in [1.29, 1.82) is 0 Å². The lowest BCUT2D eigenvalue weighted by Crippen LogP contribution is -2.34. The summed E-state index contributed by atoms with van der Waals surface area (Å²) in [6, 6.07) is 5.99. The molecule has 0 bridgehead atoms. The number of pyridine rings is 1. The van der Waals surface area contributed by atoms with Crippen LogP contribution in [0.2, 0.25) is 0 Å². The summed E-state index contributed by atoms with van der Waals surface area (Å²) in [4.78, 5) is 6.44. The van der Waals surface area contributed by atoms with Crippen LogP contribution in [0.3, 0.4) is 0 Å². The number of hydrogen-bond donors (Lipinski definition) is 1. The summed E-state index contributed by atoms with van der Waals surface area (Å²) in [7, 11) is 0. The first kappa shape index (κ1) is 12.8. The van der Waals surface area contributed by atoms with Crippen molar-refractivity contribution in [3.63, 3.8) is 0 Å². The van der Waals surface area contributed by atoms with Crippen LogP contribution in [-0.2, 0) is 0 Å². The number of nitrogens with zero attached hydrogens (tertiary/aromatic N) is 2. The molecule has 1 aromatic rings. The van der Waals surface area contributed by atoms with Crippen molar-refractivity contribution in [1.82, 2.24) is 4.98 Å². The van der Waals surface area contributed by atoms with Gasteiger partial charge in [0.05, 0.1) is 13.2 Å². The first-order valence-electron chi connectivity index (χ1n) is 5.66. The molecule has 16 heavy (non-hydrogen) atoms. The van der Waals surface area contributed by atoms with E-state index in [1.807, 2.05) is 30.0 Å². The van der Waals surface area contributed by atoms with Crippen LogP contribution in [0.1, 0.15) is 20.8 Å². The molecule has 4 heteroatoms. The summed E-state index contributed by atoms with van der Waals surface area (Å²) < 4.78 is 5.35. The lowest BCUT2D eigenvalue weighted by atomic mass is 10.3. The van der Waals surface area contributed by atoms with Crippen LogP contribution in [0.4, 0.5) is 5.82 Å². The molecule has 4 nitrogen and oxygen atoms in total. The van der Waals surface area contributed by atoms with E-state index in [4.69, 9.17) is 9.84 Å². The third-order valence-corrected chi connectivity index (χ3v) is 2.26. The largest absolute Gasteiger partial charge is 0.478 e. The fourth-order valence-corrected chi connectivity index (χ4v) is 1.54. The fourth-order valence-electron chi connectivity index (χ4n) is 1.54. The molecule has 0 aliphatic heterocycles. The Balaban J connectivity index is 2.86. The van der Waals surface area contributed by atoms with Gasteiger partial charge in [0.15, 0.2) is 0 Å². The van der Waals surface area contributed by atoms with Gasteiger partial charge in [-0.2, -0.15) is 4.98 Å². The summed E-state index contributed by atoms with van der Waals surface area (Å²) in [5, 5.41) is 9.02. The molecule has 0 amide bonds. The predicted molar refractivity (Wildman–Crippen MR) is 65.0 cm³/mol. The lowest BCUT2D eigenvalue weighted by molar-refractivity contribution is 0.297. The number of ether oxygens (including phenoxy) is 1. The van der Waals surface area contributed by atoms with Gasteiger partial charge < -0.3 is 14.7 Å². The minimum atomic E-state index is 0.124. The van der Waals surface area contributed by atoms with Gasteiger partial charge in [-0.25, -0.2) is 0 Å². The topological polar surface area (TPSA) is 45.6 Å². The Bertz CT molecular complexity index is 316. The molecule has 0 aliphatic carbocycles. The molecular weight excluding hydrogens is 204 g/mol. The van der Waals surface area contributed by atoms with Crippen molar-refractivity contribution in [2.45, 2.75) is 26.8 Å². The van der Waals surface area contributed by atoms with Gasteiger partial charge in [-0.1, -0.05) is 6.07 Å². The van der Waals surface area contributed by atoms with E-state index in [1.54, 1.807) is 0 Å². The standard InChI is InChI=1S/C12H20N2O2/c1-4-16-12-7-5-6-11(13-12)14(8-9-15)10(2)3/h5-7,10,15H,4,8-9H2,1-3H3. The van der Waals surface area contributed by atoms with Gasteiger partial charge >= 0.3 is 0 Å². The number of aliphatic hydroxyl groups excluding tert-OH is 1. The van der Waals surface area contributed by atoms with Crippen LogP contribution >= 0.6 is 0 Å². The van der Waals surface area contributed by atoms with Crippen LogP contribution in [0.15, 0.2) is 18.2 Å². The second-order valence-corrected chi connectivity index (χ2v) is 3.78. The van der Waals surface area contributed by atoms with Gasteiger partial charge in [-0.3, -0.25) is 0 Å². The first-order chi connectivity index (χ1) is 7.69. The minimum Gasteiger partial charge on any atom is -0.478 e. The SMILES string of the molecule is CCOc1cccc(N(CCO)C(C)C)n1. The Hall–Kier alpha value is -1.29. The maximum absolute atomic E-state index is 9.02. The Labute approximate surface area is 96.9 Å². The Morgan fingerprint density at radius 2 is 2.19 bits per heavy atom. The van der Waals surface area contributed by atoms with E-state index < -0.39 is 0 Å². The molecule has 0 spiro atoms. The van der Waals surface area contributed by atoms with Gasteiger partial charge in [0.2, 0.25) is 5.88 Å².